The summed E-state index contributed by atoms with van der Waals surface area (Å²) in [5.41, 5.74) is 0.490. The number of hydrogen-bond acceptors (Lipinski definition) is 2. The Morgan fingerprint density at radius 2 is 1.94 bits per heavy atom. The lowest BCUT2D eigenvalue weighted by molar-refractivity contribution is 0.00820. The molecule has 3 fully saturated rings. The Morgan fingerprint density at radius 1 is 1.22 bits per heavy atom. The highest BCUT2D eigenvalue weighted by molar-refractivity contribution is 5.02. The quantitative estimate of drug-likeness (QED) is 0.827. The van der Waals surface area contributed by atoms with Crippen molar-refractivity contribution in [2.24, 2.45) is 5.92 Å². The Morgan fingerprint density at radius 3 is 2.50 bits per heavy atom. The molecule has 104 valence electrons. The Balaban J connectivity index is 1.70. The van der Waals surface area contributed by atoms with Gasteiger partial charge < -0.3 is 5.32 Å². The van der Waals surface area contributed by atoms with Crippen molar-refractivity contribution in [1.82, 2.24) is 10.2 Å². The average Bonchev–Trinajstić information content (AvgIpc) is 2.75. The molecular weight excluding hydrogens is 220 g/mol. The Kier molecular flexibility index (Phi) is 3.68. The second kappa shape index (κ2) is 5.13. The molecule has 0 bridgehead atoms. The van der Waals surface area contributed by atoms with Gasteiger partial charge in [-0.2, -0.15) is 0 Å². The van der Waals surface area contributed by atoms with Crippen LogP contribution in [0.3, 0.4) is 0 Å². The van der Waals surface area contributed by atoms with E-state index >= 15 is 0 Å². The van der Waals surface area contributed by atoms with Crippen LogP contribution in [0.15, 0.2) is 0 Å². The zero-order valence-corrected chi connectivity index (χ0v) is 12.3. The second-order valence-electron chi connectivity index (χ2n) is 7.03. The average molecular weight is 250 g/mol. The molecule has 0 aromatic rings. The van der Waals surface area contributed by atoms with E-state index in [9.17, 15) is 0 Å². The van der Waals surface area contributed by atoms with Gasteiger partial charge in [-0.3, -0.25) is 4.90 Å². The van der Waals surface area contributed by atoms with Gasteiger partial charge in [0, 0.05) is 30.7 Å². The van der Waals surface area contributed by atoms with Crippen molar-refractivity contribution in [3.8, 4) is 0 Å². The van der Waals surface area contributed by atoms with E-state index in [0.717, 1.165) is 18.0 Å². The molecule has 2 unspecified atom stereocenters. The maximum atomic E-state index is 3.91. The zero-order valence-electron chi connectivity index (χ0n) is 12.3. The van der Waals surface area contributed by atoms with Crippen molar-refractivity contribution >= 4 is 0 Å². The first-order valence-electron chi connectivity index (χ1n) is 8.25. The highest BCUT2D eigenvalue weighted by Gasteiger charge is 2.43. The largest absolute Gasteiger partial charge is 0.308 e. The molecule has 0 amide bonds. The molecule has 2 aliphatic carbocycles. The standard InChI is InChI=1S/C16H30N2/c1-3-15-11-17-16(9-4-5-10-16)12-18(15)13(2)14-7-6-8-14/h13-15,17H,3-12H2,1-2H3. The van der Waals surface area contributed by atoms with Crippen LogP contribution in [0.2, 0.25) is 0 Å². The first-order chi connectivity index (χ1) is 8.74. The Labute approximate surface area is 113 Å². The fourth-order valence-corrected chi connectivity index (χ4v) is 4.42. The first kappa shape index (κ1) is 12.9. The Bertz CT molecular complexity index is 279. The highest BCUT2D eigenvalue weighted by atomic mass is 15.3. The lowest BCUT2D eigenvalue weighted by Gasteiger charge is -2.51. The van der Waals surface area contributed by atoms with E-state index in [1.165, 1.54) is 64.5 Å². The van der Waals surface area contributed by atoms with Gasteiger partial charge in [-0.05, 0) is 44.9 Å². The molecule has 3 rings (SSSR count). The summed E-state index contributed by atoms with van der Waals surface area (Å²) in [6.45, 7) is 7.41. The van der Waals surface area contributed by atoms with Gasteiger partial charge in [0.1, 0.15) is 0 Å². The molecule has 0 radical (unpaired) electrons. The van der Waals surface area contributed by atoms with Crippen molar-refractivity contribution in [2.45, 2.75) is 82.8 Å². The smallest absolute Gasteiger partial charge is 0.0309 e. The van der Waals surface area contributed by atoms with Crippen molar-refractivity contribution in [1.29, 1.82) is 0 Å². The van der Waals surface area contributed by atoms with Gasteiger partial charge in [0.2, 0.25) is 0 Å². The zero-order chi connectivity index (χ0) is 12.6. The van der Waals surface area contributed by atoms with Crippen LogP contribution in [-0.4, -0.2) is 35.6 Å². The van der Waals surface area contributed by atoms with Crippen molar-refractivity contribution in [3.05, 3.63) is 0 Å². The third-order valence-electron chi connectivity index (χ3n) is 6.05. The molecule has 1 aliphatic heterocycles. The minimum Gasteiger partial charge on any atom is -0.308 e. The summed E-state index contributed by atoms with van der Waals surface area (Å²) in [5.74, 6) is 0.996. The van der Waals surface area contributed by atoms with E-state index in [0.29, 0.717) is 5.54 Å². The van der Waals surface area contributed by atoms with Gasteiger partial charge in [0.05, 0.1) is 0 Å². The molecular formula is C16H30N2. The monoisotopic (exact) mass is 250 g/mol. The van der Waals surface area contributed by atoms with Crippen molar-refractivity contribution < 1.29 is 0 Å². The normalized spacial score (nSPS) is 34.7. The van der Waals surface area contributed by atoms with E-state index in [-0.39, 0.29) is 0 Å². The Hall–Kier alpha value is -0.0800. The number of rotatable bonds is 3. The molecule has 3 aliphatic rings. The van der Waals surface area contributed by atoms with E-state index < -0.39 is 0 Å². The fraction of sp³-hybridized carbons (Fsp3) is 1.00. The van der Waals surface area contributed by atoms with Crippen molar-refractivity contribution in [2.75, 3.05) is 13.1 Å². The van der Waals surface area contributed by atoms with Crippen LogP contribution < -0.4 is 5.32 Å². The summed E-state index contributed by atoms with van der Waals surface area (Å²) in [6.07, 6.45) is 11.5. The molecule has 2 nitrogen and oxygen atoms in total. The molecule has 1 N–H and O–H groups in total. The molecule has 1 spiro atoms. The van der Waals surface area contributed by atoms with Crippen LogP contribution in [0.4, 0.5) is 0 Å². The molecule has 1 saturated heterocycles. The predicted octanol–water partition coefficient (Wildman–Crippen LogP) is 3.17. The fourth-order valence-electron chi connectivity index (χ4n) is 4.42. The topological polar surface area (TPSA) is 15.3 Å². The molecule has 0 aromatic heterocycles. The lowest BCUT2D eigenvalue weighted by Crippen LogP contribution is -2.65. The summed E-state index contributed by atoms with van der Waals surface area (Å²) < 4.78 is 0. The van der Waals surface area contributed by atoms with E-state index in [1.807, 2.05) is 0 Å². The van der Waals surface area contributed by atoms with Crippen molar-refractivity contribution in [3.63, 3.8) is 0 Å². The van der Waals surface area contributed by atoms with Crippen LogP contribution in [0, 0.1) is 5.92 Å². The number of piperazine rings is 1. The summed E-state index contributed by atoms with van der Waals surface area (Å²) in [6, 6.07) is 1.61. The first-order valence-corrected chi connectivity index (χ1v) is 8.25. The van der Waals surface area contributed by atoms with E-state index in [4.69, 9.17) is 0 Å². The summed E-state index contributed by atoms with van der Waals surface area (Å²) >= 11 is 0. The van der Waals surface area contributed by atoms with E-state index in [1.54, 1.807) is 0 Å². The van der Waals surface area contributed by atoms with Crippen LogP contribution in [0.5, 0.6) is 0 Å². The number of nitrogens with one attached hydrogen (secondary N) is 1. The number of nitrogens with zero attached hydrogens (tertiary/aromatic N) is 1. The van der Waals surface area contributed by atoms with Crippen LogP contribution >= 0.6 is 0 Å². The molecule has 18 heavy (non-hydrogen) atoms. The predicted molar refractivity (Wildman–Crippen MR) is 76.8 cm³/mol. The van der Waals surface area contributed by atoms with Gasteiger partial charge in [-0.25, -0.2) is 0 Å². The van der Waals surface area contributed by atoms with Gasteiger partial charge in [-0.1, -0.05) is 26.2 Å². The minimum atomic E-state index is 0.490. The minimum absolute atomic E-state index is 0.490. The highest BCUT2D eigenvalue weighted by Crippen LogP contribution is 2.38. The lowest BCUT2D eigenvalue weighted by atomic mass is 9.78. The van der Waals surface area contributed by atoms with E-state index in [2.05, 4.69) is 24.1 Å². The third-order valence-corrected chi connectivity index (χ3v) is 6.05. The van der Waals surface area contributed by atoms with Crippen LogP contribution in [0.1, 0.15) is 65.2 Å². The SMILES string of the molecule is CCC1CNC2(CCCC2)CN1C(C)C1CCC1. The summed E-state index contributed by atoms with van der Waals surface area (Å²) in [4.78, 5) is 2.88. The summed E-state index contributed by atoms with van der Waals surface area (Å²) in [5, 5.41) is 3.91. The molecule has 2 saturated carbocycles. The van der Waals surface area contributed by atoms with Gasteiger partial charge in [-0.15, -0.1) is 0 Å². The molecule has 2 atom stereocenters. The maximum Gasteiger partial charge on any atom is 0.0309 e. The van der Waals surface area contributed by atoms with Gasteiger partial charge >= 0.3 is 0 Å². The molecule has 1 heterocycles. The summed E-state index contributed by atoms with van der Waals surface area (Å²) in [7, 11) is 0. The number of hydrogen-bond donors (Lipinski definition) is 1. The van der Waals surface area contributed by atoms with Gasteiger partial charge in [0.15, 0.2) is 0 Å². The van der Waals surface area contributed by atoms with Gasteiger partial charge in [0.25, 0.3) is 0 Å². The second-order valence-corrected chi connectivity index (χ2v) is 7.03. The molecule has 2 heteroatoms. The maximum absolute atomic E-state index is 3.91. The van der Waals surface area contributed by atoms with Crippen LogP contribution in [0.25, 0.3) is 0 Å². The third kappa shape index (κ3) is 2.22. The van der Waals surface area contributed by atoms with Crippen LogP contribution in [-0.2, 0) is 0 Å². The molecule has 0 aromatic carbocycles.